The van der Waals surface area contributed by atoms with Gasteiger partial charge in [0.05, 0.1) is 0 Å². The predicted molar refractivity (Wildman–Crippen MR) is 82.6 cm³/mol. The van der Waals surface area contributed by atoms with E-state index in [2.05, 4.69) is 5.32 Å². The van der Waals surface area contributed by atoms with Gasteiger partial charge in [0.25, 0.3) is 0 Å². The van der Waals surface area contributed by atoms with Gasteiger partial charge >= 0.3 is 0 Å². The van der Waals surface area contributed by atoms with Crippen LogP contribution in [-0.2, 0) is 9.59 Å². The number of likely N-dealkylation sites (tertiary alicyclic amines) is 1. The summed E-state index contributed by atoms with van der Waals surface area (Å²) >= 11 is 11.8. The third-order valence-electron chi connectivity index (χ3n) is 3.90. The van der Waals surface area contributed by atoms with Gasteiger partial charge in [-0.15, -0.1) is 0 Å². The van der Waals surface area contributed by atoms with Gasteiger partial charge in [-0.25, -0.2) is 0 Å². The highest BCUT2D eigenvalue weighted by Gasteiger charge is 2.40. The first-order valence-corrected chi connectivity index (χ1v) is 7.87. The summed E-state index contributed by atoms with van der Waals surface area (Å²) in [5.74, 6) is 0.0932. The number of nitrogens with zero attached hydrogens (tertiary/aromatic N) is 1. The molecule has 112 valence electrons. The Bertz CT molecular complexity index is 567. The van der Waals surface area contributed by atoms with Crippen molar-refractivity contribution >= 4 is 40.7 Å². The minimum atomic E-state index is -0.379. The van der Waals surface area contributed by atoms with Gasteiger partial charge in [-0.05, 0) is 43.9 Å². The van der Waals surface area contributed by atoms with Crippen molar-refractivity contribution in [1.82, 2.24) is 4.90 Å². The van der Waals surface area contributed by atoms with Crippen molar-refractivity contribution in [3.63, 3.8) is 0 Å². The number of hydrogen-bond acceptors (Lipinski definition) is 2. The molecular formula is C15H16Cl2N2O2. The molecule has 1 aromatic rings. The number of rotatable bonds is 3. The quantitative estimate of drug-likeness (QED) is 0.926. The Kier molecular flexibility index (Phi) is 4.09. The number of hydrogen-bond donors (Lipinski definition) is 1. The minimum absolute atomic E-state index is 0.122. The summed E-state index contributed by atoms with van der Waals surface area (Å²) in [6.45, 7) is 0.670. The van der Waals surface area contributed by atoms with Crippen molar-refractivity contribution in [2.75, 3.05) is 11.9 Å². The van der Waals surface area contributed by atoms with Gasteiger partial charge in [0, 0.05) is 28.2 Å². The molecule has 1 saturated carbocycles. The lowest BCUT2D eigenvalue weighted by molar-refractivity contribution is -0.137. The molecule has 2 amide bonds. The second-order valence-electron chi connectivity index (χ2n) is 5.61. The molecule has 1 unspecified atom stereocenters. The molecule has 1 heterocycles. The predicted octanol–water partition coefficient (Wildman–Crippen LogP) is 3.33. The Labute approximate surface area is 133 Å². The van der Waals surface area contributed by atoms with E-state index in [1.54, 1.807) is 23.1 Å². The van der Waals surface area contributed by atoms with E-state index in [1.807, 2.05) is 0 Å². The average Bonchev–Trinajstić information content (AvgIpc) is 3.13. The molecule has 1 saturated heterocycles. The van der Waals surface area contributed by atoms with Crippen LogP contribution < -0.4 is 5.32 Å². The number of benzene rings is 1. The van der Waals surface area contributed by atoms with Crippen molar-refractivity contribution in [2.45, 2.75) is 31.7 Å². The van der Waals surface area contributed by atoms with E-state index in [-0.39, 0.29) is 23.8 Å². The lowest BCUT2D eigenvalue weighted by Crippen LogP contribution is -2.43. The van der Waals surface area contributed by atoms with Crippen LogP contribution in [0.3, 0.4) is 0 Å². The van der Waals surface area contributed by atoms with E-state index in [4.69, 9.17) is 23.2 Å². The van der Waals surface area contributed by atoms with Gasteiger partial charge in [-0.1, -0.05) is 23.2 Å². The molecule has 1 atom stereocenters. The van der Waals surface area contributed by atoms with E-state index in [0.29, 0.717) is 28.7 Å². The van der Waals surface area contributed by atoms with Crippen molar-refractivity contribution in [1.29, 1.82) is 0 Å². The fourth-order valence-corrected chi connectivity index (χ4v) is 3.25. The van der Waals surface area contributed by atoms with Crippen LogP contribution in [0.1, 0.15) is 25.7 Å². The maximum Gasteiger partial charge on any atom is 0.247 e. The monoisotopic (exact) mass is 326 g/mol. The highest BCUT2D eigenvalue weighted by molar-refractivity contribution is 6.35. The molecule has 0 bridgehead atoms. The number of carbonyl (C=O) groups excluding carboxylic acids is 2. The number of halogens is 2. The summed E-state index contributed by atoms with van der Waals surface area (Å²) in [4.78, 5) is 26.3. The van der Waals surface area contributed by atoms with Crippen molar-refractivity contribution in [2.24, 2.45) is 5.92 Å². The summed E-state index contributed by atoms with van der Waals surface area (Å²) in [7, 11) is 0. The van der Waals surface area contributed by atoms with Crippen molar-refractivity contribution < 1.29 is 9.59 Å². The molecule has 0 radical (unpaired) electrons. The van der Waals surface area contributed by atoms with E-state index in [0.717, 1.165) is 19.3 Å². The van der Waals surface area contributed by atoms with Gasteiger partial charge < -0.3 is 10.2 Å². The van der Waals surface area contributed by atoms with Crippen LogP contribution in [0.15, 0.2) is 18.2 Å². The fraction of sp³-hybridized carbons (Fsp3) is 0.467. The number of carbonyl (C=O) groups is 2. The van der Waals surface area contributed by atoms with E-state index < -0.39 is 0 Å². The van der Waals surface area contributed by atoms with Crippen LogP contribution in [-0.4, -0.2) is 29.3 Å². The molecule has 2 aliphatic rings. The summed E-state index contributed by atoms with van der Waals surface area (Å²) in [6, 6.07) is 4.52. The normalized spacial score (nSPS) is 21.4. The molecule has 4 nitrogen and oxygen atoms in total. The lowest BCUT2D eigenvalue weighted by Gasteiger charge is -2.24. The largest absolute Gasteiger partial charge is 0.330 e. The Morgan fingerprint density at radius 3 is 2.38 bits per heavy atom. The zero-order chi connectivity index (χ0) is 15.0. The standard InChI is InChI=1S/C15H16Cl2N2O2/c16-10-6-11(17)8-12(7-10)18-14(20)13-2-1-5-19(13)15(21)9-3-4-9/h6-9,13H,1-5H2,(H,18,20). The SMILES string of the molecule is O=C(Nc1cc(Cl)cc(Cl)c1)C1CCCN1C(=O)C1CC1. The van der Waals surface area contributed by atoms with Gasteiger partial charge in [-0.3, -0.25) is 9.59 Å². The molecular weight excluding hydrogens is 311 g/mol. The smallest absolute Gasteiger partial charge is 0.247 e. The maximum absolute atomic E-state index is 12.4. The van der Waals surface area contributed by atoms with E-state index in [9.17, 15) is 9.59 Å². The lowest BCUT2D eigenvalue weighted by atomic mass is 10.2. The van der Waals surface area contributed by atoms with Crippen LogP contribution in [0.5, 0.6) is 0 Å². The first-order chi connectivity index (χ1) is 10.0. The Balaban J connectivity index is 1.70. The number of nitrogens with one attached hydrogen (secondary N) is 1. The Morgan fingerprint density at radius 2 is 1.76 bits per heavy atom. The van der Waals surface area contributed by atoms with Gasteiger partial charge in [0.1, 0.15) is 6.04 Å². The second-order valence-corrected chi connectivity index (χ2v) is 6.48. The molecule has 2 fully saturated rings. The summed E-state index contributed by atoms with van der Waals surface area (Å²) in [5.41, 5.74) is 0.559. The Morgan fingerprint density at radius 1 is 1.10 bits per heavy atom. The summed E-state index contributed by atoms with van der Waals surface area (Å²) in [5, 5.41) is 3.74. The zero-order valence-electron chi connectivity index (χ0n) is 11.4. The molecule has 0 aromatic heterocycles. The summed E-state index contributed by atoms with van der Waals surface area (Å²) < 4.78 is 0. The van der Waals surface area contributed by atoms with Crippen LogP contribution in [0.2, 0.25) is 10.0 Å². The first kappa shape index (κ1) is 14.7. The third kappa shape index (κ3) is 3.33. The Hall–Kier alpha value is -1.26. The molecule has 1 aromatic carbocycles. The highest BCUT2D eigenvalue weighted by Crippen LogP contribution is 2.34. The fourth-order valence-electron chi connectivity index (χ4n) is 2.72. The molecule has 1 aliphatic heterocycles. The molecule has 1 aliphatic carbocycles. The van der Waals surface area contributed by atoms with Gasteiger partial charge in [0.2, 0.25) is 11.8 Å². The summed E-state index contributed by atoms with van der Waals surface area (Å²) in [6.07, 6.45) is 3.48. The number of amides is 2. The molecule has 0 spiro atoms. The van der Waals surface area contributed by atoms with Crippen LogP contribution in [0.25, 0.3) is 0 Å². The molecule has 6 heteroatoms. The second kappa shape index (κ2) is 5.85. The van der Waals surface area contributed by atoms with Crippen LogP contribution in [0.4, 0.5) is 5.69 Å². The topological polar surface area (TPSA) is 49.4 Å². The third-order valence-corrected chi connectivity index (χ3v) is 4.33. The zero-order valence-corrected chi connectivity index (χ0v) is 13.0. The molecule has 21 heavy (non-hydrogen) atoms. The number of anilines is 1. The van der Waals surface area contributed by atoms with Crippen LogP contribution >= 0.6 is 23.2 Å². The average molecular weight is 327 g/mol. The maximum atomic E-state index is 12.4. The first-order valence-electron chi connectivity index (χ1n) is 7.12. The van der Waals surface area contributed by atoms with E-state index in [1.165, 1.54) is 0 Å². The molecule has 1 N–H and O–H groups in total. The van der Waals surface area contributed by atoms with Gasteiger partial charge in [-0.2, -0.15) is 0 Å². The van der Waals surface area contributed by atoms with Crippen LogP contribution in [0, 0.1) is 5.92 Å². The highest BCUT2D eigenvalue weighted by atomic mass is 35.5. The minimum Gasteiger partial charge on any atom is -0.330 e. The van der Waals surface area contributed by atoms with E-state index >= 15 is 0 Å². The van der Waals surface area contributed by atoms with Crippen molar-refractivity contribution in [3.05, 3.63) is 28.2 Å². The molecule has 3 rings (SSSR count). The van der Waals surface area contributed by atoms with Crippen molar-refractivity contribution in [3.8, 4) is 0 Å². The van der Waals surface area contributed by atoms with Gasteiger partial charge in [0.15, 0.2) is 0 Å².